The van der Waals surface area contributed by atoms with Crippen molar-refractivity contribution in [3.63, 3.8) is 0 Å². The number of carbonyl (C=O) groups is 2. The van der Waals surface area contributed by atoms with Crippen LogP contribution in [0.4, 0.5) is 5.13 Å². The lowest BCUT2D eigenvalue weighted by molar-refractivity contribution is 0.101. The number of ketones is 1. The number of aromatic amines is 1. The van der Waals surface area contributed by atoms with E-state index in [1.54, 1.807) is 13.8 Å². The molecule has 0 spiro atoms. The van der Waals surface area contributed by atoms with Crippen LogP contribution in [0.3, 0.4) is 0 Å². The highest BCUT2D eigenvalue weighted by molar-refractivity contribution is 7.15. The van der Waals surface area contributed by atoms with Crippen LogP contribution in [-0.4, -0.2) is 26.9 Å². The number of hydrogen-bond donors (Lipinski definition) is 2. The van der Waals surface area contributed by atoms with Crippen LogP contribution in [0.5, 0.6) is 0 Å². The van der Waals surface area contributed by atoms with Crippen molar-refractivity contribution in [1.82, 2.24) is 15.2 Å². The third kappa shape index (κ3) is 3.66. The maximum atomic E-state index is 12.5. The second kappa shape index (κ2) is 6.98. The maximum Gasteiger partial charge on any atom is 0.274 e. The standard InChI is InChI=1S/C18H18N4O2S/c1-10-15(12(3)23)11(2)19-16(10)17(24)20-18-22-21-14(25-18)9-13-7-5-4-6-8-13/h4-8,19H,9H2,1-3H3,(H,20,22,24). The first-order valence-electron chi connectivity index (χ1n) is 7.83. The zero-order valence-electron chi connectivity index (χ0n) is 14.2. The molecule has 2 heterocycles. The number of Topliss-reactive ketones (excluding diaryl/α,β-unsaturated/α-hetero) is 1. The molecule has 1 aromatic carbocycles. The molecule has 1 amide bonds. The normalized spacial score (nSPS) is 10.7. The van der Waals surface area contributed by atoms with Gasteiger partial charge in [-0.1, -0.05) is 41.7 Å². The van der Waals surface area contributed by atoms with Gasteiger partial charge in [-0.15, -0.1) is 10.2 Å². The third-order valence-corrected chi connectivity index (χ3v) is 4.74. The number of nitrogens with one attached hydrogen (secondary N) is 2. The Hall–Kier alpha value is -2.80. The molecule has 0 atom stereocenters. The lowest BCUT2D eigenvalue weighted by Crippen LogP contribution is -2.13. The van der Waals surface area contributed by atoms with Crippen molar-refractivity contribution in [3.8, 4) is 0 Å². The largest absolute Gasteiger partial charge is 0.354 e. The molecular weight excluding hydrogens is 336 g/mol. The first kappa shape index (κ1) is 17.0. The molecule has 0 saturated carbocycles. The lowest BCUT2D eigenvalue weighted by Gasteiger charge is -2.00. The van der Waals surface area contributed by atoms with Crippen molar-refractivity contribution in [2.75, 3.05) is 5.32 Å². The highest BCUT2D eigenvalue weighted by atomic mass is 32.1. The van der Waals surface area contributed by atoms with Crippen molar-refractivity contribution >= 4 is 28.2 Å². The quantitative estimate of drug-likeness (QED) is 0.686. The molecule has 2 aromatic heterocycles. The van der Waals surface area contributed by atoms with Gasteiger partial charge in [0.05, 0.1) is 0 Å². The van der Waals surface area contributed by atoms with Crippen LogP contribution in [0.15, 0.2) is 30.3 Å². The molecule has 0 aliphatic rings. The number of hydrogen-bond acceptors (Lipinski definition) is 5. The number of aromatic nitrogens is 3. The van der Waals surface area contributed by atoms with Crippen molar-refractivity contribution < 1.29 is 9.59 Å². The summed E-state index contributed by atoms with van der Waals surface area (Å²) in [6, 6.07) is 9.96. The fourth-order valence-corrected chi connectivity index (χ4v) is 3.58. The Morgan fingerprint density at radius 3 is 2.52 bits per heavy atom. The Bertz CT molecular complexity index is 928. The van der Waals surface area contributed by atoms with E-state index in [0.29, 0.717) is 34.1 Å². The lowest BCUT2D eigenvalue weighted by atomic mass is 10.1. The molecule has 2 N–H and O–H groups in total. The van der Waals surface area contributed by atoms with E-state index in [4.69, 9.17) is 0 Å². The second-order valence-corrected chi connectivity index (χ2v) is 6.86. The van der Waals surface area contributed by atoms with Crippen LogP contribution in [0.25, 0.3) is 0 Å². The van der Waals surface area contributed by atoms with E-state index in [0.717, 1.165) is 10.6 Å². The summed E-state index contributed by atoms with van der Waals surface area (Å²) in [6.45, 7) is 5.03. The number of anilines is 1. The van der Waals surface area contributed by atoms with Crippen LogP contribution < -0.4 is 5.32 Å². The van der Waals surface area contributed by atoms with E-state index in [2.05, 4.69) is 20.5 Å². The van der Waals surface area contributed by atoms with Crippen molar-refractivity contribution in [2.24, 2.45) is 0 Å². The molecule has 128 valence electrons. The number of carbonyl (C=O) groups excluding carboxylic acids is 2. The fraction of sp³-hybridized carbons (Fsp3) is 0.222. The predicted molar refractivity (Wildman–Crippen MR) is 97.4 cm³/mol. The number of H-pyrrole nitrogens is 1. The van der Waals surface area contributed by atoms with Gasteiger partial charge in [0.1, 0.15) is 10.7 Å². The van der Waals surface area contributed by atoms with Gasteiger partial charge in [0.15, 0.2) is 5.78 Å². The minimum Gasteiger partial charge on any atom is -0.354 e. The highest BCUT2D eigenvalue weighted by Gasteiger charge is 2.20. The minimum atomic E-state index is -0.324. The molecule has 0 bridgehead atoms. The van der Waals surface area contributed by atoms with Crippen LogP contribution in [0, 0.1) is 13.8 Å². The Kier molecular flexibility index (Phi) is 4.76. The Morgan fingerprint density at radius 2 is 1.88 bits per heavy atom. The van der Waals surface area contributed by atoms with Crippen LogP contribution >= 0.6 is 11.3 Å². The van der Waals surface area contributed by atoms with Crippen molar-refractivity contribution in [2.45, 2.75) is 27.2 Å². The number of benzene rings is 1. The average molecular weight is 354 g/mol. The minimum absolute atomic E-state index is 0.0636. The monoisotopic (exact) mass is 354 g/mol. The van der Waals surface area contributed by atoms with E-state index < -0.39 is 0 Å². The van der Waals surface area contributed by atoms with Crippen LogP contribution in [0.1, 0.15) is 49.6 Å². The van der Waals surface area contributed by atoms with E-state index in [1.165, 1.54) is 18.3 Å². The first-order chi connectivity index (χ1) is 12.0. The van der Waals surface area contributed by atoms with E-state index in [9.17, 15) is 9.59 Å². The maximum absolute atomic E-state index is 12.5. The molecule has 0 saturated heterocycles. The third-order valence-electron chi connectivity index (χ3n) is 3.90. The summed E-state index contributed by atoms with van der Waals surface area (Å²) >= 11 is 1.34. The van der Waals surface area contributed by atoms with Gasteiger partial charge >= 0.3 is 0 Å². The smallest absolute Gasteiger partial charge is 0.274 e. The second-order valence-electron chi connectivity index (χ2n) is 5.80. The number of nitrogens with zero attached hydrogens (tertiary/aromatic N) is 2. The summed E-state index contributed by atoms with van der Waals surface area (Å²) in [4.78, 5) is 27.1. The molecule has 0 radical (unpaired) electrons. The first-order valence-corrected chi connectivity index (χ1v) is 8.65. The summed E-state index contributed by atoms with van der Waals surface area (Å²) in [5.74, 6) is -0.387. The average Bonchev–Trinajstić information content (AvgIpc) is 3.12. The van der Waals surface area contributed by atoms with Gasteiger partial charge in [-0.25, -0.2) is 0 Å². The SMILES string of the molecule is CC(=O)c1c(C)[nH]c(C(=O)Nc2nnc(Cc3ccccc3)s2)c1C. The van der Waals surface area contributed by atoms with E-state index in [-0.39, 0.29) is 11.7 Å². The number of amides is 1. The summed E-state index contributed by atoms with van der Waals surface area (Å²) in [5.41, 5.74) is 3.42. The van der Waals surface area contributed by atoms with Gasteiger partial charge in [0.2, 0.25) is 5.13 Å². The van der Waals surface area contributed by atoms with E-state index in [1.807, 2.05) is 30.3 Å². The summed E-state index contributed by atoms with van der Waals surface area (Å²) in [6.07, 6.45) is 0.670. The van der Waals surface area contributed by atoms with E-state index >= 15 is 0 Å². The zero-order chi connectivity index (χ0) is 18.0. The van der Waals surface area contributed by atoms with Crippen molar-refractivity contribution in [3.05, 3.63) is 63.4 Å². The van der Waals surface area contributed by atoms with Gasteiger partial charge in [0, 0.05) is 17.7 Å². The molecular formula is C18H18N4O2S. The number of aryl methyl sites for hydroxylation is 1. The molecule has 0 aliphatic heterocycles. The predicted octanol–water partition coefficient (Wildman–Crippen LogP) is 3.53. The zero-order valence-corrected chi connectivity index (χ0v) is 15.0. The fourth-order valence-electron chi connectivity index (χ4n) is 2.81. The van der Waals surface area contributed by atoms with Gasteiger partial charge in [-0.05, 0) is 31.9 Å². The summed E-state index contributed by atoms with van der Waals surface area (Å²) < 4.78 is 0. The van der Waals surface area contributed by atoms with Crippen molar-refractivity contribution in [1.29, 1.82) is 0 Å². The van der Waals surface area contributed by atoms with Gasteiger partial charge in [-0.3, -0.25) is 14.9 Å². The van der Waals surface area contributed by atoms with Gasteiger partial charge in [0.25, 0.3) is 5.91 Å². The summed E-state index contributed by atoms with van der Waals surface area (Å²) in [5, 5.41) is 12.2. The van der Waals surface area contributed by atoms with Gasteiger partial charge in [-0.2, -0.15) is 0 Å². The molecule has 6 nitrogen and oxygen atoms in total. The molecule has 7 heteroatoms. The van der Waals surface area contributed by atoms with Crippen LogP contribution in [-0.2, 0) is 6.42 Å². The molecule has 3 rings (SSSR count). The Balaban J connectivity index is 1.74. The Labute approximate surface area is 149 Å². The highest BCUT2D eigenvalue weighted by Crippen LogP contribution is 2.22. The van der Waals surface area contributed by atoms with Gasteiger partial charge < -0.3 is 4.98 Å². The molecule has 0 unspecified atom stereocenters. The topological polar surface area (TPSA) is 87.7 Å². The summed E-state index contributed by atoms with van der Waals surface area (Å²) in [7, 11) is 0. The molecule has 0 fully saturated rings. The molecule has 25 heavy (non-hydrogen) atoms. The molecule has 0 aliphatic carbocycles. The Morgan fingerprint density at radius 1 is 1.16 bits per heavy atom. The van der Waals surface area contributed by atoms with Crippen LogP contribution in [0.2, 0.25) is 0 Å². The molecule has 3 aromatic rings. The number of rotatable bonds is 5.